The number of rotatable bonds is 2. The van der Waals surface area contributed by atoms with Gasteiger partial charge in [0.2, 0.25) is 0 Å². The van der Waals surface area contributed by atoms with E-state index in [4.69, 9.17) is 0 Å². The standard InChI is InChI=1S/C9H11OP/c1-7(10)8-4-3-5-9(6-8)11-2/h3-6,11H,1-2H3. The molecule has 0 saturated heterocycles. The van der Waals surface area contributed by atoms with Crippen molar-refractivity contribution in [2.45, 2.75) is 6.92 Å². The maximum Gasteiger partial charge on any atom is 0.159 e. The highest BCUT2D eigenvalue weighted by Gasteiger charge is 1.97. The Morgan fingerprint density at radius 3 is 2.73 bits per heavy atom. The summed E-state index contributed by atoms with van der Waals surface area (Å²) in [6.45, 7) is 3.71. The Bertz CT molecular complexity index is 268. The number of ketones is 1. The second-order valence-corrected chi connectivity index (χ2v) is 3.46. The van der Waals surface area contributed by atoms with Gasteiger partial charge in [-0.2, -0.15) is 0 Å². The van der Waals surface area contributed by atoms with Gasteiger partial charge in [-0.25, -0.2) is 0 Å². The van der Waals surface area contributed by atoms with Crippen LogP contribution in [-0.2, 0) is 0 Å². The number of carbonyl (C=O) groups excluding carboxylic acids is 1. The molecule has 58 valence electrons. The predicted octanol–water partition coefficient (Wildman–Crippen LogP) is 1.82. The van der Waals surface area contributed by atoms with E-state index in [9.17, 15) is 4.79 Å². The van der Waals surface area contributed by atoms with Gasteiger partial charge in [0, 0.05) is 5.56 Å². The van der Waals surface area contributed by atoms with Gasteiger partial charge in [0.1, 0.15) is 0 Å². The molecule has 1 aromatic carbocycles. The van der Waals surface area contributed by atoms with E-state index in [1.807, 2.05) is 24.3 Å². The van der Waals surface area contributed by atoms with Crippen molar-refractivity contribution >= 4 is 19.7 Å². The Morgan fingerprint density at radius 2 is 2.18 bits per heavy atom. The fourth-order valence-corrected chi connectivity index (χ4v) is 1.46. The van der Waals surface area contributed by atoms with Crippen molar-refractivity contribution in [3.05, 3.63) is 29.8 Å². The first-order valence-corrected chi connectivity index (χ1v) is 5.03. The van der Waals surface area contributed by atoms with Crippen molar-refractivity contribution in [1.29, 1.82) is 0 Å². The van der Waals surface area contributed by atoms with Crippen molar-refractivity contribution in [2.24, 2.45) is 0 Å². The molecule has 11 heavy (non-hydrogen) atoms. The molecule has 0 N–H and O–H groups in total. The van der Waals surface area contributed by atoms with Gasteiger partial charge < -0.3 is 0 Å². The Balaban J connectivity index is 3.01. The molecule has 0 spiro atoms. The third-order valence-electron chi connectivity index (χ3n) is 1.56. The molecule has 1 aromatic rings. The first-order valence-electron chi connectivity index (χ1n) is 3.53. The molecule has 0 aliphatic carbocycles. The lowest BCUT2D eigenvalue weighted by molar-refractivity contribution is 0.101. The predicted molar refractivity (Wildman–Crippen MR) is 50.3 cm³/mol. The topological polar surface area (TPSA) is 17.1 Å². The zero-order valence-electron chi connectivity index (χ0n) is 6.72. The Hall–Kier alpha value is -0.680. The number of hydrogen-bond donors (Lipinski definition) is 0. The van der Waals surface area contributed by atoms with Gasteiger partial charge in [0.25, 0.3) is 0 Å². The molecule has 0 heterocycles. The third-order valence-corrected chi connectivity index (χ3v) is 2.45. The lowest BCUT2D eigenvalue weighted by atomic mass is 10.2. The van der Waals surface area contributed by atoms with Crippen LogP contribution in [0.15, 0.2) is 24.3 Å². The summed E-state index contributed by atoms with van der Waals surface area (Å²) in [7, 11) is 0.767. The largest absolute Gasteiger partial charge is 0.295 e. The van der Waals surface area contributed by atoms with E-state index in [0.29, 0.717) is 0 Å². The molecule has 0 fully saturated rings. The van der Waals surface area contributed by atoms with Crippen LogP contribution in [0.4, 0.5) is 0 Å². The van der Waals surface area contributed by atoms with Gasteiger partial charge in [-0.3, -0.25) is 4.79 Å². The fraction of sp³-hybridized carbons (Fsp3) is 0.222. The molecule has 1 rings (SSSR count). The number of benzene rings is 1. The van der Waals surface area contributed by atoms with E-state index in [1.54, 1.807) is 6.92 Å². The fourth-order valence-electron chi connectivity index (χ4n) is 0.894. The summed E-state index contributed by atoms with van der Waals surface area (Å²) in [5, 5.41) is 1.25. The molecule has 2 heteroatoms. The average molecular weight is 166 g/mol. The summed E-state index contributed by atoms with van der Waals surface area (Å²) in [5.74, 6) is 0.144. The van der Waals surface area contributed by atoms with Crippen molar-refractivity contribution in [3.63, 3.8) is 0 Å². The van der Waals surface area contributed by atoms with Crippen LogP contribution in [-0.4, -0.2) is 12.4 Å². The summed E-state index contributed by atoms with van der Waals surface area (Å²) < 4.78 is 0. The molecular formula is C9H11OP. The molecule has 1 unspecified atom stereocenters. The summed E-state index contributed by atoms with van der Waals surface area (Å²) in [5.41, 5.74) is 0.817. The molecule has 0 aliphatic rings. The van der Waals surface area contributed by atoms with Crippen molar-refractivity contribution in [3.8, 4) is 0 Å². The highest BCUT2D eigenvalue weighted by Crippen LogP contribution is 2.06. The first kappa shape index (κ1) is 8.42. The Kier molecular flexibility index (Phi) is 2.78. The van der Waals surface area contributed by atoms with Gasteiger partial charge >= 0.3 is 0 Å². The van der Waals surface area contributed by atoms with E-state index in [0.717, 1.165) is 14.1 Å². The van der Waals surface area contributed by atoms with E-state index in [2.05, 4.69) is 6.66 Å². The average Bonchev–Trinajstić information content (AvgIpc) is 2.05. The second-order valence-electron chi connectivity index (χ2n) is 2.39. The van der Waals surface area contributed by atoms with Crippen LogP contribution in [0.1, 0.15) is 17.3 Å². The van der Waals surface area contributed by atoms with Crippen LogP contribution in [0, 0.1) is 0 Å². The van der Waals surface area contributed by atoms with Gasteiger partial charge in [0.15, 0.2) is 5.78 Å². The maximum atomic E-state index is 10.9. The molecule has 0 radical (unpaired) electrons. The van der Waals surface area contributed by atoms with Crippen LogP contribution in [0.2, 0.25) is 0 Å². The first-order chi connectivity index (χ1) is 5.24. The Morgan fingerprint density at radius 1 is 1.45 bits per heavy atom. The van der Waals surface area contributed by atoms with E-state index < -0.39 is 0 Å². The summed E-state index contributed by atoms with van der Waals surface area (Å²) in [4.78, 5) is 10.9. The SMILES string of the molecule is CPc1cccc(C(C)=O)c1. The molecule has 0 bridgehead atoms. The van der Waals surface area contributed by atoms with Crippen LogP contribution in [0.25, 0.3) is 0 Å². The lowest BCUT2D eigenvalue weighted by Gasteiger charge is -1.98. The van der Waals surface area contributed by atoms with E-state index in [-0.39, 0.29) is 5.78 Å². The lowest BCUT2D eigenvalue weighted by Crippen LogP contribution is -1.99. The minimum Gasteiger partial charge on any atom is -0.295 e. The highest BCUT2D eigenvalue weighted by molar-refractivity contribution is 7.46. The van der Waals surface area contributed by atoms with Crippen LogP contribution in [0.5, 0.6) is 0 Å². The smallest absolute Gasteiger partial charge is 0.159 e. The molecule has 1 atom stereocenters. The van der Waals surface area contributed by atoms with Crippen molar-refractivity contribution in [2.75, 3.05) is 6.66 Å². The van der Waals surface area contributed by atoms with E-state index >= 15 is 0 Å². The van der Waals surface area contributed by atoms with E-state index in [1.165, 1.54) is 5.30 Å². The van der Waals surface area contributed by atoms with Crippen LogP contribution >= 0.6 is 8.58 Å². The molecule has 0 amide bonds. The summed E-state index contributed by atoms with van der Waals surface area (Å²) in [6.07, 6.45) is 0. The number of Topliss-reactive ketones (excluding diaryl/α,β-unsaturated/α-hetero) is 1. The Labute approximate surface area is 68.6 Å². The van der Waals surface area contributed by atoms with Crippen molar-refractivity contribution in [1.82, 2.24) is 0 Å². The summed E-state index contributed by atoms with van der Waals surface area (Å²) in [6, 6.07) is 7.79. The van der Waals surface area contributed by atoms with Crippen LogP contribution < -0.4 is 5.30 Å². The molecule has 0 aromatic heterocycles. The second kappa shape index (κ2) is 3.64. The highest BCUT2D eigenvalue weighted by atomic mass is 31.1. The zero-order valence-corrected chi connectivity index (χ0v) is 7.72. The third kappa shape index (κ3) is 2.13. The van der Waals surface area contributed by atoms with Gasteiger partial charge in [0.05, 0.1) is 0 Å². The van der Waals surface area contributed by atoms with Gasteiger partial charge in [-0.15, -0.1) is 0 Å². The minimum atomic E-state index is 0.144. The van der Waals surface area contributed by atoms with Gasteiger partial charge in [-0.1, -0.05) is 26.8 Å². The minimum absolute atomic E-state index is 0.144. The normalized spacial score (nSPS) is 10.7. The molecular weight excluding hydrogens is 155 g/mol. The van der Waals surface area contributed by atoms with Crippen LogP contribution in [0.3, 0.4) is 0 Å². The maximum absolute atomic E-state index is 10.9. The number of hydrogen-bond acceptors (Lipinski definition) is 1. The van der Waals surface area contributed by atoms with Crippen molar-refractivity contribution < 1.29 is 4.79 Å². The zero-order chi connectivity index (χ0) is 8.27. The number of carbonyl (C=O) groups is 1. The summed E-state index contributed by atoms with van der Waals surface area (Å²) >= 11 is 0. The quantitative estimate of drug-likeness (QED) is 0.483. The monoisotopic (exact) mass is 166 g/mol. The molecule has 0 aliphatic heterocycles. The molecule has 1 nitrogen and oxygen atoms in total. The molecule has 0 saturated carbocycles. The van der Waals surface area contributed by atoms with Gasteiger partial charge in [-0.05, 0) is 25.0 Å².